The summed E-state index contributed by atoms with van der Waals surface area (Å²) in [5.41, 5.74) is 0.883. The van der Waals surface area contributed by atoms with E-state index in [4.69, 9.17) is 0 Å². The van der Waals surface area contributed by atoms with Gasteiger partial charge in [-0.3, -0.25) is 0 Å². The van der Waals surface area contributed by atoms with Crippen molar-refractivity contribution in [2.45, 2.75) is 24.6 Å². The number of hydrogen-bond donors (Lipinski definition) is 0. The summed E-state index contributed by atoms with van der Waals surface area (Å²) in [4.78, 5) is 2.16. The first-order chi connectivity index (χ1) is 8.07. The fourth-order valence-corrected chi connectivity index (χ4v) is 4.20. The minimum Gasteiger partial charge on any atom is -0.302 e. The zero-order valence-electron chi connectivity index (χ0n) is 10.2. The van der Waals surface area contributed by atoms with Gasteiger partial charge in [-0.15, -0.1) is 0 Å². The van der Waals surface area contributed by atoms with E-state index in [1.165, 1.54) is 0 Å². The van der Waals surface area contributed by atoms with E-state index in [0.29, 0.717) is 5.75 Å². The zero-order chi connectivity index (χ0) is 12.3. The third-order valence-electron chi connectivity index (χ3n) is 3.35. The number of rotatable bonds is 4. The highest BCUT2D eigenvalue weighted by atomic mass is 32.2. The average Bonchev–Trinajstić information content (AvgIpc) is 2.64. The molecule has 1 fully saturated rings. The third-order valence-corrected chi connectivity index (χ3v) is 5.01. The van der Waals surface area contributed by atoms with Crippen LogP contribution in [0.1, 0.15) is 18.4 Å². The minimum absolute atomic E-state index is 0.165. The maximum absolute atomic E-state index is 12.1. The lowest BCUT2D eigenvalue weighted by molar-refractivity contribution is 0.331. The third kappa shape index (κ3) is 3.54. The van der Waals surface area contributed by atoms with E-state index < -0.39 is 9.84 Å². The second kappa shape index (κ2) is 5.19. The Balaban J connectivity index is 2.00. The van der Waals surface area contributed by atoms with Gasteiger partial charge in [0.15, 0.2) is 9.84 Å². The molecule has 4 heteroatoms. The number of sulfone groups is 1. The molecular weight excluding hydrogens is 234 g/mol. The highest BCUT2D eigenvalue weighted by Gasteiger charge is 2.26. The molecule has 0 saturated carbocycles. The van der Waals surface area contributed by atoms with Gasteiger partial charge >= 0.3 is 0 Å². The largest absolute Gasteiger partial charge is 0.302 e. The Bertz CT molecular complexity index is 456. The molecule has 0 radical (unpaired) electrons. The van der Waals surface area contributed by atoms with Crippen LogP contribution in [-0.4, -0.2) is 38.7 Å². The van der Waals surface area contributed by atoms with Crippen molar-refractivity contribution >= 4 is 9.84 Å². The molecule has 0 aliphatic carbocycles. The van der Waals surface area contributed by atoms with Crippen LogP contribution in [0.25, 0.3) is 0 Å². The van der Waals surface area contributed by atoms with Gasteiger partial charge in [0.25, 0.3) is 0 Å². The molecule has 0 N–H and O–H groups in total. The summed E-state index contributed by atoms with van der Waals surface area (Å²) in [6, 6.07) is 9.62. The topological polar surface area (TPSA) is 37.4 Å². The van der Waals surface area contributed by atoms with Crippen LogP contribution in [0, 0.1) is 0 Å². The maximum atomic E-state index is 12.1. The predicted molar refractivity (Wildman–Crippen MR) is 69.6 cm³/mol. The van der Waals surface area contributed by atoms with Crippen molar-refractivity contribution in [3.05, 3.63) is 35.9 Å². The molecule has 0 amide bonds. The Morgan fingerprint density at radius 1 is 1.29 bits per heavy atom. The molecule has 94 valence electrons. The van der Waals surface area contributed by atoms with Crippen LogP contribution < -0.4 is 0 Å². The number of hydrogen-bond acceptors (Lipinski definition) is 3. The molecule has 1 aliphatic heterocycles. The summed E-state index contributed by atoms with van der Waals surface area (Å²) in [7, 11) is -0.983. The lowest BCUT2D eigenvalue weighted by Gasteiger charge is -2.19. The molecule has 1 heterocycles. The van der Waals surface area contributed by atoms with Crippen molar-refractivity contribution in [1.82, 2.24) is 4.90 Å². The van der Waals surface area contributed by atoms with Crippen molar-refractivity contribution in [2.75, 3.05) is 19.3 Å². The molecule has 1 atom stereocenters. The lowest BCUT2D eigenvalue weighted by atomic mass is 10.2. The highest BCUT2D eigenvalue weighted by molar-refractivity contribution is 7.90. The summed E-state index contributed by atoms with van der Waals surface area (Å²) in [5, 5.41) is 0. The van der Waals surface area contributed by atoms with E-state index in [1.807, 2.05) is 37.4 Å². The number of likely N-dealkylation sites (tertiary alicyclic amines) is 1. The van der Waals surface area contributed by atoms with Crippen molar-refractivity contribution in [3.63, 3.8) is 0 Å². The van der Waals surface area contributed by atoms with Crippen LogP contribution in [0.3, 0.4) is 0 Å². The fraction of sp³-hybridized carbons (Fsp3) is 0.538. The van der Waals surface area contributed by atoms with Gasteiger partial charge in [0.2, 0.25) is 0 Å². The van der Waals surface area contributed by atoms with Gasteiger partial charge < -0.3 is 4.90 Å². The standard InChI is InChI=1S/C13H19NO2S/c1-14-9-5-8-13(14)11-17(15,16)10-12-6-3-2-4-7-12/h2-4,6-7,13H,5,8-11H2,1H3/t13-/m0/s1. The van der Waals surface area contributed by atoms with Crippen LogP contribution in [0.15, 0.2) is 30.3 Å². The van der Waals surface area contributed by atoms with Gasteiger partial charge in [0, 0.05) is 6.04 Å². The van der Waals surface area contributed by atoms with E-state index >= 15 is 0 Å². The minimum atomic E-state index is -2.99. The highest BCUT2D eigenvalue weighted by Crippen LogP contribution is 2.18. The Kier molecular flexibility index (Phi) is 3.84. The van der Waals surface area contributed by atoms with Crippen molar-refractivity contribution in [1.29, 1.82) is 0 Å². The predicted octanol–water partition coefficient (Wildman–Crippen LogP) is 1.70. The van der Waals surface area contributed by atoms with E-state index in [9.17, 15) is 8.42 Å². The Morgan fingerprint density at radius 3 is 2.59 bits per heavy atom. The second-order valence-electron chi connectivity index (χ2n) is 4.82. The lowest BCUT2D eigenvalue weighted by Crippen LogP contribution is -2.32. The van der Waals surface area contributed by atoms with Gasteiger partial charge in [0.05, 0.1) is 11.5 Å². The maximum Gasteiger partial charge on any atom is 0.155 e. The summed E-state index contributed by atoms with van der Waals surface area (Å²) >= 11 is 0. The summed E-state index contributed by atoms with van der Waals surface area (Å²) in [6.45, 7) is 1.02. The number of nitrogens with zero attached hydrogens (tertiary/aromatic N) is 1. The monoisotopic (exact) mass is 253 g/mol. The Labute approximate surface area is 103 Å². The van der Waals surface area contributed by atoms with Crippen molar-refractivity contribution < 1.29 is 8.42 Å². The molecule has 1 aromatic carbocycles. The van der Waals surface area contributed by atoms with Gasteiger partial charge in [-0.1, -0.05) is 30.3 Å². The van der Waals surface area contributed by atoms with E-state index in [-0.39, 0.29) is 11.8 Å². The SMILES string of the molecule is CN1CCC[C@H]1CS(=O)(=O)Cc1ccccc1. The van der Waals surface area contributed by atoms with Gasteiger partial charge in [-0.05, 0) is 32.0 Å². The average molecular weight is 253 g/mol. The van der Waals surface area contributed by atoms with Crippen LogP contribution >= 0.6 is 0 Å². The molecule has 2 rings (SSSR count). The van der Waals surface area contributed by atoms with Crippen molar-refractivity contribution in [3.8, 4) is 0 Å². The van der Waals surface area contributed by atoms with Gasteiger partial charge in [-0.25, -0.2) is 8.42 Å². The molecule has 17 heavy (non-hydrogen) atoms. The first-order valence-corrected chi connectivity index (χ1v) is 7.83. The smallest absolute Gasteiger partial charge is 0.155 e. The molecule has 1 aliphatic rings. The molecule has 1 aromatic rings. The van der Waals surface area contributed by atoms with Crippen LogP contribution in [0.5, 0.6) is 0 Å². The summed E-state index contributed by atoms with van der Waals surface area (Å²) < 4.78 is 24.1. The van der Waals surface area contributed by atoms with Crippen LogP contribution in [0.4, 0.5) is 0 Å². The molecule has 1 saturated heterocycles. The molecular formula is C13H19NO2S. The Hall–Kier alpha value is -0.870. The zero-order valence-corrected chi connectivity index (χ0v) is 11.0. The summed E-state index contributed by atoms with van der Waals surface area (Å²) in [5.74, 6) is 0.455. The molecule has 3 nitrogen and oxygen atoms in total. The molecule has 0 aromatic heterocycles. The fourth-order valence-electron chi connectivity index (χ4n) is 2.37. The number of benzene rings is 1. The van der Waals surface area contributed by atoms with E-state index in [0.717, 1.165) is 24.9 Å². The van der Waals surface area contributed by atoms with Gasteiger partial charge in [0.1, 0.15) is 0 Å². The molecule has 0 bridgehead atoms. The van der Waals surface area contributed by atoms with Gasteiger partial charge in [-0.2, -0.15) is 0 Å². The normalized spacial score (nSPS) is 21.8. The molecule has 0 unspecified atom stereocenters. The van der Waals surface area contributed by atoms with Crippen molar-refractivity contribution in [2.24, 2.45) is 0 Å². The first-order valence-electron chi connectivity index (χ1n) is 6.01. The van der Waals surface area contributed by atoms with E-state index in [2.05, 4.69) is 4.90 Å². The van der Waals surface area contributed by atoms with Crippen LogP contribution in [-0.2, 0) is 15.6 Å². The summed E-state index contributed by atoms with van der Waals surface area (Å²) in [6.07, 6.45) is 2.12. The first kappa shape index (κ1) is 12.6. The Morgan fingerprint density at radius 2 is 2.00 bits per heavy atom. The quantitative estimate of drug-likeness (QED) is 0.819. The second-order valence-corrected chi connectivity index (χ2v) is 6.93. The molecule has 0 spiro atoms. The van der Waals surface area contributed by atoms with E-state index in [1.54, 1.807) is 0 Å². The van der Waals surface area contributed by atoms with Crippen LogP contribution in [0.2, 0.25) is 0 Å².